The van der Waals surface area contributed by atoms with Gasteiger partial charge in [-0.3, -0.25) is 13.9 Å². The maximum Gasteiger partial charge on any atom is 0.242 e. The highest BCUT2D eigenvalue weighted by Crippen LogP contribution is 2.20. The molecule has 1 N–H and O–H groups in total. The lowest BCUT2D eigenvalue weighted by atomic mass is 10.1. The van der Waals surface area contributed by atoms with Crippen LogP contribution in [0.5, 0.6) is 0 Å². The fraction of sp³-hybridized carbons (Fsp3) is 0.462. The highest BCUT2D eigenvalue weighted by Gasteiger charge is 2.26. The minimum Gasteiger partial charge on any atom is -0.354 e. The van der Waals surface area contributed by atoms with Gasteiger partial charge in [0.25, 0.3) is 0 Å². The Morgan fingerprint density at radius 3 is 2.37 bits per heavy atom. The average molecular weight is 567 g/mol. The van der Waals surface area contributed by atoms with Gasteiger partial charge in [0, 0.05) is 30.5 Å². The van der Waals surface area contributed by atoms with Crippen molar-refractivity contribution in [2.75, 3.05) is 23.7 Å². The minimum atomic E-state index is -3.51. The number of nitrogens with zero attached hydrogens (tertiary/aromatic N) is 2. The minimum absolute atomic E-state index is 0.126. The second kappa shape index (κ2) is 13.6. The summed E-state index contributed by atoms with van der Waals surface area (Å²) in [7, 11) is -3.51. The van der Waals surface area contributed by atoms with Gasteiger partial charge < -0.3 is 10.2 Å². The summed E-state index contributed by atoms with van der Waals surface area (Å²) < 4.78 is 27.1. The van der Waals surface area contributed by atoms with Crippen LogP contribution in [0.15, 0.2) is 53.0 Å². The predicted octanol–water partition coefficient (Wildman–Crippen LogP) is 4.64. The first-order valence-electron chi connectivity index (χ1n) is 11.9. The molecule has 9 heteroatoms. The van der Waals surface area contributed by atoms with E-state index in [9.17, 15) is 18.0 Å². The summed E-state index contributed by atoms with van der Waals surface area (Å²) in [6.07, 6.45) is 3.47. The second-order valence-electron chi connectivity index (χ2n) is 8.75. The molecule has 0 aliphatic carbocycles. The summed E-state index contributed by atoms with van der Waals surface area (Å²) in [6, 6.07) is 14.2. The van der Waals surface area contributed by atoms with Crippen molar-refractivity contribution in [1.82, 2.24) is 10.2 Å². The van der Waals surface area contributed by atoms with Crippen LogP contribution in [0.25, 0.3) is 0 Å². The predicted molar refractivity (Wildman–Crippen MR) is 145 cm³/mol. The van der Waals surface area contributed by atoms with E-state index in [-0.39, 0.29) is 24.8 Å². The normalized spacial score (nSPS) is 12.1. The molecule has 0 aliphatic heterocycles. The van der Waals surface area contributed by atoms with Crippen molar-refractivity contribution in [3.63, 3.8) is 0 Å². The van der Waals surface area contributed by atoms with Gasteiger partial charge in [0.2, 0.25) is 21.8 Å². The quantitative estimate of drug-likeness (QED) is 0.358. The lowest BCUT2D eigenvalue weighted by molar-refractivity contribution is -0.140. The molecule has 0 fully saturated rings. The smallest absolute Gasteiger partial charge is 0.242 e. The molecule has 0 saturated carbocycles. The summed E-state index contributed by atoms with van der Waals surface area (Å²) in [4.78, 5) is 27.6. The van der Waals surface area contributed by atoms with E-state index >= 15 is 0 Å². The molecule has 0 spiro atoms. The summed E-state index contributed by atoms with van der Waals surface area (Å²) in [5.74, 6) is -0.384. The highest BCUT2D eigenvalue weighted by atomic mass is 79.9. The number of hydrogen-bond acceptors (Lipinski definition) is 4. The van der Waals surface area contributed by atoms with E-state index in [1.54, 1.807) is 17.9 Å². The first-order valence-corrected chi connectivity index (χ1v) is 14.5. The lowest BCUT2D eigenvalue weighted by Crippen LogP contribution is -2.47. The number of aryl methyl sites for hydroxylation is 1. The molecule has 0 unspecified atom stereocenters. The van der Waals surface area contributed by atoms with E-state index in [0.29, 0.717) is 25.2 Å². The average Bonchev–Trinajstić information content (AvgIpc) is 2.80. The van der Waals surface area contributed by atoms with Crippen molar-refractivity contribution in [1.29, 1.82) is 0 Å². The molecule has 1 atom stereocenters. The van der Waals surface area contributed by atoms with Crippen molar-refractivity contribution in [3.8, 4) is 0 Å². The summed E-state index contributed by atoms with van der Waals surface area (Å²) in [5, 5.41) is 2.91. The molecule has 0 aromatic heterocycles. The van der Waals surface area contributed by atoms with Crippen molar-refractivity contribution >= 4 is 43.5 Å². The number of carbonyl (C=O) groups excluding carboxylic acids is 2. The van der Waals surface area contributed by atoms with E-state index < -0.39 is 16.1 Å². The SMILES string of the molecule is CCCCNC(=O)[C@H](C)N(Cc1ccc(Br)cc1)C(=O)CCCN(c1cccc(C)c1)S(C)(=O)=O. The van der Waals surface area contributed by atoms with E-state index in [4.69, 9.17) is 0 Å². The van der Waals surface area contributed by atoms with Crippen molar-refractivity contribution in [2.45, 2.75) is 59.0 Å². The Balaban J connectivity index is 2.13. The van der Waals surface area contributed by atoms with E-state index in [0.717, 1.165) is 28.4 Å². The Labute approximate surface area is 218 Å². The van der Waals surface area contributed by atoms with Crippen LogP contribution < -0.4 is 9.62 Å². The van der Waals surface area contributed by atoms with Gasteiger partial charge in [-0.2, -0.15) is 0 Å². The number of unbranched alkanes of at least 4 members (excludes halogenated alkanes) is 1. The topological polar surface area (TPSA) is 86.8 Å². The van der Waals surface area contributed by atoms with Crippen LogP contribution in [0.2, 0.25) is 0 Å². The summed E-state index contributed by atoms with van der Waals surface area (Å²) in [5.41, 5.74) is 2.44. The summed E-state index contributed by atoms with van der Waals surface area (Å²) in [6.45, 7) is 6.72. The molecule has 2 aromatic rings. The first-order chi connectivity index (χ1) is 16.5. The van der Waals surface area contributed by atoms with Gasteiger partial charge in [0.1, 0.15) is 6.04 Å². The Morgan fingerprint density at radius 1 is 1.09 bits per heavy atom. The molecule has 0 radical (unpaired) electrons. The van der Waals surface area contributed by atoms with Gasteiger partial charge in [-0.1, -0.05) is 53.5 Å². The monoisotopic (exact) mass is 565 g/mol. The molecule has 2 aromatic carbocycles. The molecule has 0 saturated heterocycles. The van der Waals surface area contributed by atoms with Crippen LogP contribution in [0.1, 0.15) is 50.7 Å². The molecule has 2 rings (SSSR count). The summed E-state index contributed by atoms with van der Waals surface area (Å²) >= 11 is 3.42. The molecule has 0 heterocycles. The third-order valence-electron chi connectivity index (χ3n) is 5.70. The lowest BCUT2D eigenvalue weighted by Gasteiger charge is -2.29. The van der Waals surface area contributed by atoms with Gasteiger partial charge >= 0.3 is 0 Å². The van der Waals surface area contributed by atoms with Crippen LogP contribution in [-0.4, -0.2) is 50.5 Å². The number of amides is 2. The molecule has 192 valence electrons. The Morgan fingerprint density at radius 2 is 1.77 bits per heavy atom. The van der Waals surface area contributed by atoms with Gasteiger partial charge in [-0.15, -0.1) is 0 Å². The highest BCUT2D eigenvalue weighted by molar-refractivity contribution is 9.10. The maximum atomic E-state index is 13.3. The molecule has 2 amide bonds. The van der Waals surface area contributed by atoms with E-state index in [2.05, 4.69) is 28.2 Å². The Hall–Kier alpha value is -2.39. The van der Waals surface area contributed by atoms with Crippen LogP contribution in [0.4, 0.5) is 5.69 Å². The molecular formula is C26H36BrN3O4S. The van der Waals surface area contributed by atoms with Crippen LogP contribution in [-0.2, 0) is 26.2 Å². The zero-order chi connectivity index (χ0) is 26.0. The van der Waals surface area contributed by atoms with Crippen molar-refractivity contribution in [3.05, 3.63) is 64.1 Å². The standard InChI is InChI=1S/C26H36BrN3O4S/c1-5-6-16-28-26(32)21(3)29(19-22-12-14-23(27)15-13-22)25(31)11-8-17-30(35(4,33)34)24-10-7-9-20(2)18-24/h7,9-10,12-15,18,21H,5-6,8,11,16-17,19H2,1-4H3,(H,28,32)/t21-/m0/s1. The number of benzene rings is 2. The molecule has 0 bridgehead atoms. The van der Waals surface area contributed by atoms with E-state index in [1.165, 1.54) is 10.6 Å². The van der Waals surface area contributed by atoms with Crippen LogP contribution in [0, 0.1) is 6.92 Å². The number of nitrogens with one attached hydrogen (secondary N) is 1. The fourth-order valence-corrected chi connectivity index (χ4v) is 4.91. The molecule has 7 nitrogen and oxygen atoms in total. The largest absolute Gasteiger partial charge is 0.354 e. The zero-order valence-corrected chi connectivity index (χ0v) is 23.4. The third kappa shape index (κ3) is 9.29. The number of sulfonamides is 1. The van der Waals surface area contributed by atoms with Crippen molar-refractivity contribution < 1.29 is 18.0 Å². The Kier molecular flexibility index (Phi) is 11.2. The van der Waals surface area contributed by atoms with Crippen molar-refractivity contribution in [2.24, 2.45) is 0 Å². The van der Waals surface area contributed by atoms with Crippen LogP contribution >= 0.6 is 15.9 Å². The van der Waals surface area contributed by atoms with Gasteiger partial charge in [0.05, 0.1) is 11.9 Å². The molecule has 0 aliphatic rings. The molecule has 35 heavy (non-hydrogen) atoms. The number of hydrogen-bond donors (Lipinski definition) is 1. The third-order valence-corrected chi connectivity index (χ3v) is 7.43. The number of anilines is 1. The molecular weight excluding hydrogens is 530 g/mol. The zero-order valence-electron chi connectivity index (χ0n) is 21.0. The number of carbonyl (C=O) groups is 2. The maximum absolute atomic E-state index is 13.3. The van der Waals surface area contributed by atoms with Gasteiger partial charge in [-0.05, 0) is 62.1 Å². The Bertz CT molecular complexity index is 1090. The number of rotatable bonds is 13. The van der Waals surface area contributed by atoms with Gasteiger partial charge in [-0.25, -0.2) is 8.42 Å². The van der Waals surface area contributed by atoms with Gasteiger partial charge in [0.15, 0.2) is 0 Å². The second-order valence-corrected chi connectivity index (χ2v) is 11.6. The number of halogens is 1. The van der Waals surface area contributed by atoms with Crippen LogP contribution in [0.3, 0.4) is 0 Å². The first kappa shape index (κ1) is 28.8. The van der Waals surface area contributed by atoms with E-state index in [1.807, 2.05) is 49.4 Å². The fourth-order valence-electron chi connectivity index (χ4n) is 3.69.